The topological polar surface area (TPSA) is 103 Å². The summed E-state index contributed by atoms with van der Waals surface area (Å²) in [7, 11) is 1.49. The van der Waals surface area contributed by atoms with Gasteiger partial charge < -0.3 is 0 Å². The first-order valence-corrected chi connectivity index (χ1v) is 9.30. The molecule has 0 fully saturated rings. The van der Waals surface area contributed by atoms with Crippen LogP contribution in [0.4, 0.5) is 14.6 Å². The molecule has 2 aromatic heterocycles. The molecule has 0 saturated carbocycles. The fourth-order valence-corrected chi connectivity index (χ4v) is 3.23. The van der Waals surface area contributed by atoms with E-state index in [1.54, 1.807) is 29.6 Å². The van der Waals surface area contributed by atoms with E-state index in [0.717, 1.165) is 6.07 Å². The minimum absolute atomic E-state index is 0.0989. The Kier molecular flexibility index (Phi) is 5.28. The summed E-state index contributed by atoms with van der Waals surface area (Å²) in [4.78, 5) is 32.8. The average molecular weight is 419 g/mol. The van der Waals surface area contributed by atoms with Gasteiger partial charge in [0.15, 0.2) is 0 Å². The van der Waals surface area contributed by atoms with E-state index in [4.69, 9.17) is 5.73 Å². The van der Waals surface area contributed by atoms with Crippen molar-refractivity contribution in [3.05, 3.63) is 82.7 Å². The molecule has 4 aromatic rings. The van der Waals surface area contributed by atoms with Gasteiger partial charge in [0, 0.05) is 0 Å². The summed E-state index contributed by atoms with van der Waals surface area (Å²) in [5.74, 6) is -2.04. The van der Waals surface area contributed by atoms with Gasteiger partial charge in [0.1, 0.15) is 0 Å². The zero-order valence-electron chi connectivity index (χ0n) is 16.4. The number of anilines is 1. The van der Waals surface area contributed by atoms with E-state index < -0.39 is 17.6 Å². The Bertz CT molecular complexity index is 1340. The zero-order valence-corrected chi connectivity index (χ0v) is 16.4. The molecule has 154 valence electrons. The SMILES string of the molecule is Cc1c(NC(=O)c2cc(C(N)=O)nc3cc(F)ccc23)nbn1Cc1ccccc1F. The van der Waals surface area contributed by atoms with Gasteiger partial charge >= 0.3 is 176 Å². The van der Waals surface area contributed by atoms with Crippen LogP contribution in [-0.2, 0) is 6.54 Å². The third-order valence-corrected chi connectivity index (χ3v) is 4.90. The second-order valence-corrected chi connectivity index (χ2v) is 6.93. The number of carbonyl (C=O) groups excluding carboxylic acids is 2. The number of nitrogens with one attached hydrogen (secondary N) is 1. The molecule has 0 aliphatic rings. The van der Waals surface area contributed by atoms with Crippen molar-refractivity contribution in [1.82, 2.24) is 14.3 Å². The molecule has 7 nitrogen and oxygen atoms in total. The number of halogens is 2. The summed E-state index contributed by atoms with van der Waals surface area (Å²) in [5, 5.41) is 3.04. The van der Waals surface area contributed by atoms with Crippen molar-refractivity contribution in [1.29, 1.82) is 0 Å². The van der Waals surface area contributed by atoms with Gasteiger partial charge in [-0.3, -0.25) is 0 Å². The van der Waals surface area contributed by atoms with Crippen LogP contribution in [-0.4, -0.2) is 33.4 Å². The van der Waals surface area contributed by atoms with Crippen molar-refractivity contribution in [2.75, 3.05) is 5.32 Å². The summed E-state index contributed by atoms with van der Waals surface area (Å²) in [6, 6.07) is 11.4. The standard InChI is InChI=1S/C21H16BF2N5O2/c1-11-20(28-22-29(11)10-12-4-2-3-5-16(12)24)27-21(31)15-9-18(19(25)30)26-17-8-13(23)6-7-14(15)17/h2-9H,10H2,1H3,(H2,25,30)(H,27,31). The van der Waals surface area contributed by atoms with E-state index in [-0.39, 0.29) is 35.0 Å². The van der Waals surface area contributed by atoms with Crippen LogP contribution in [0.2, 0.25) is 0 Å². The second-order valence-electron chi connectivity index (χ2n) is 6.93. The van der Waals surface area contributed by atoms with E-state index in [2.05, 4.69) is 15.2 Å². The average Bonchev–Trinajstić information content (AvgIpc) is 3.07. The Labute approximate surface area is 176 Å². The van der Waals surface area contributed by atoms with Crippen LogP contribution in [0.5, 0.6) is 0 Å². The third kappa shape index (κ3) is 4.04. The van der Waals surface area contributed by atoms with E-state index in [9.17, 15) is 18.4 Å². The number of primary amides is 1. The number of carbonyl (C=O) groups is 2. The Morgan fingerprint density at radius 3 is 2.68 bits per heavy atom. The second kappa shape index (κ2) is 8.06. The molecule has 31 heavy (non-hydrogen) atoms. The van der Waals surface area contributed by atoms with Crippen LogP contribution in [0.15, 0.2) is 48.5 Å². The molecule has 0 atom stereocenters. The molecule has 2 heterocycles. The first-order chi connectivity index (χ1) is 14.8. The van der Waals surface area contributed by atoms with E-state index in [0.29, 0.717) is 16.6 Å². The Morgan fingerprint density at radius 1 is 1.16 bits per heavy atom. The molecule has 0 saturated heterocycles. The summed E-state index contributed by atoms with van der Waals surface area (Å²) in [5.41, 5.74) is 6.46. The Hall–Kier alpha value is -3.95. The van der Waals surface area contributed by atoms with Gasteiger partial charge in [0.05, 0.1) is 0 Å². The molecule has 2 aromatic carbocycles. The molecule has 3 N–H and O–H groups in total. The number of nitrogens with zero attached hydrogens (tertiary/aromatic N) is 3. The number of amides is 2. The van der Waals surface area contributed by atoms with Gasteiger partial charge in [-0.05, 0) is 0 Å². The van der Waals surface area contributed by atoms with Crippen LogP contribution < -0.4 is 11.1 Å². The molecule has 4 rings (SSSR count). The molecule has 0 bridgehead atoms. The van der Waals surface area contributed by atoms with E-state index in [1.165, 1.54) is 31.5 Å². The van der Waals surface area contributed by atoms with Gasteiger partial charge in [0.2, 0.25) is 0 Å². The van der Waals surface area contributed by atoms with E-state index >= 15 is 0 Å². The molecular formula is C21H16BF2N5O2. The first kappa shape index (κ1) is 20.3. The van der Waals surface area contributed by atoms with Crippen LogP contribution >= 0.6 is 0 Å². The normalized spacial score (nSPS) is 10.8. The summed E-state index contributed by atoms with van der Waals surface area (Å²) >= 11 is 0. The molecule has 0 aliphatic carbocycles. The number of nitrogens with two attached hydrogens (primary N) is 1. The van der Waals surface area contributed by atoms with Gasteiger partial charge in [-0.25, -0.2) is 0 Å². The van der Waals surface area contributed by atoms with Gasteiger partial charge in [-0.2, -0.15) is 0 Å². The van der Waals surface area contributed by atoms with Crippen molar-refractivity contribution < 1.29 is 18.4 Å². The van der Waals surface area contributed by atoms with Crippen molar-refractivity contribution >= 4 is 35.7 Å². The van der Waals surface area contributed by atoms with Crippen molar-refractivity contribution in [2.24, 2.45) is 5.73 Å². The predicted octanol–water partition coefficient (Wildman–Crippen LogP) is 2.76. The first-order valence-electron chi connectivity index (χ1n) is 9.30. The maximum atomic E-state index is 14.0. The van der Waals surface area contributed by atoms with Crippen LogP contribution in [0.25, 0.3) is 10.9 Å². The number of rotatable bonds is 5. The monoisotopic (exact) mass is 419 g/mol. The molecular weight excluding hydrogens is 403 g/mol. The predicted molar refractivity (Wildman–Crippen MR) is 112 cm³/mol. The van der Waals surface area contributed by atoms with E-state index in [1.807, 2.05) is 0 Å². The quantitative estimate of drug-likeness (QED) is 0.519. The summed E-state index contributed by atoms with van der Waals surface area (Å²) < 4.78 is 29.3. The molecule has 0 unspecified atom stereocenters. The van der Waals surface area contributed by atoms with Crippen molar-refractivity contribution in [3.63, 3.8) is 0 Å². The molecule has 0 radical (unpaired) electrons. The number of hydrogen-bond acceptors (Lipinski definition) is 4. The van der Waals surface area contributed by atoms with Crippen LogP contribution in [0.3, 0.4) is 0 Å². The fourth-order valence-electron chi connectivity index (χ4n) is 3.23. The number of benzene rings is 2. The van der Waals surface area contributed by atoms with Crippen molar-refractivity contribution in [2.45, 2.75) is 13.5 Å². The summed E-state index contributed by atoms with van der Waals surface area (Å²) in [6.45, 7) is 1.98. The maximum absolute atomic E-state index is 14.0. The van der Waals surface area contributed by atoms with Gasteiger partial charge in [-0.15, -0.1) is 0 Å². The Balaban J connectivity index is 1.66. The van der Waals surface area contributed by atoms with Gasteiger partial charge in [0.25, 0.3) is 0 Å². The van der Waals surface area contributed by atoms with Crippen LogP contribution in [0, 0.1) is 18.6 Å². The molecule has 0 aliphatic heterocycles. The number of fused-ring (bicyclic) bond motifs is 1. The molecule has 2 amide bonds. The third-order valence-electron chi connectivity index (χ3n) is 4.90. The zero-order chi connectivity index (χ0) is 22.1. The molecule has 0 spiro atoms. The minimum atomic E-state index is -0.842. The number of pyridine rings is 1. The van der Waals surface area contributed by atoms with Crippen molar-refractivity contribution in [3.8, 4) is 0 Å². The summed E-state index contributed by atoms with van der Waals surface area (Å²) in [6.07, 6.45) is 0. The fraction of sp³-hybridized carbons (Fsp3) is 0.0952. The Morgan fingerprint density at radius 2 is 1.94 bits per heavy atom. The van der Waals surface area contributed by atoms with Gasteiger partial charge in [-0.1, -0.05) is 0 Å². The number of aromatic nitrogens is 3. The molecule has 10 heteroatoms. The van der Waals surface area contributed by atoms with Crippen LogP contribution in [0.1, 0.15) is 32.1 Å². The number of hydrogen-bond donors (Lipinski definition) is 2.